The summed E-state index contributed by atoms with van der Waals surface area (Å²) in [5, 5.41) is 2.94. The predicted molar refractivity (Wildman–Crippen MR) is 82.5 cm³/mol. The third-order valence-corrected chi connectivity index (χ3v) is 5.72. The normalized spacial score (nSPS) is 32.8. The lowest BCUT2D eigenvalue weighted by Crippen LogP contribution is -2.41. The lowest BCUT2D eigenvalue weighted by molar-refractivity contribution is 0.0918. The largest absolute Gasteiger partial charge is 0.392 e. The zero-order valence-corrected chi connectivity index (χ0v) is 13.0. The molecule has 7 heteroatoms. The van der Waals surface area contributed by atoms with Gasteiger partial charge in [-0.05, 0) is 36.0 Å². The number of aromatic nitrogens is 2. The molecule has 2 saturated carbocycles. The summed E-state index contributed by atoms with van der Waals surface area (Å²) in [6.45, 7) is 6.60. The number of H-pyrrole nitrogens is 2. The molecule has 0 radical (unpaired) electrons. The van der Waals surface area contributed by atoms with Crippen molar-refractivity contribution in [2.24, 2.45) is 23.2 Å². The average Bonchev–Trinajstić information content (AvgIpc) is 3.10. The fraction of sp³-hybridized carbons (Fsp3) is 0.667. The van der Waals surface area contributed by atoms with Gasteiger partial charge in [-0.3, -0.25) is 14.6 Å². The Morgan fingerprint density at radius 3 is 2.59 bits per heavy atom. The topological polar surface area (TPSA) is 121 Å². The molecule has 4 unspecified atom stereocenters. The second-order valence-electron chi connectivity index (χ2n) is 7.04. The number of carbonyl (C=O) groups excluding carboxylic acids is 1. The molecule has 1 aromatic heterocycles. The molecule has 22 heavy (non-hydrogen) atoms. The van der Waals surface area contributed by atoms with Crippen LogP contribution >= 0.6 is 0 Å². The summed E-state index contributed by atoms with van der Waals surface area (Å²) >= 11 is 0. The number of nitrogens with one attached hydrogen (secondary N) is 3. The van der Waals surface area contributed by atoms with Crippen LogP contribution in [0.5, 0.6) is 0 Å². The number of rotatable bonds is 3. The number of anilines is 1. The third kappa shape index (κ3) is 2.07. The summed E-state index contributed by atoms with van der Waals surface area (Å²) in [7, 11) is 0. The van der Waals surface area contributed by atoms with Crippen LogP contribution in [0, 0.1) is 23.2 Å². The molecule has 4 atom stereocenters. The number of carbonyl (C=O) groups is 1. The summed E-state index contributed by atoms with van der Waals surface area (Å²) in [6, 6.07) is 0.0517. The van der Waals surface area contributed by atoms with Crippen molar-refractivity contribution >= 4 is 11.6 Å². The Labute approximate surface area is 127 Å². The maximum absolute atomic E-state index is 12.4. The fourth-order valence-electron chi connectivity index (χ4n) is 4.17. The van der Waals surface area contributed by atoms with Crippen LogP contribution in [0.25, 0.3) is 0 Å². The lowest BCUT2D eigenvalue weighted by Gasteiger charge is -2.23. The van der Waals surface area contributed by atoms with Crippen molar-refractivity contribution in [1.82, 2.24) is 15.3 Å². The van der Waals surface area contributed by atoms with Gasteiger partial charge >= 0.3 is 5.69 Å². The summed E-state index contributed by atoms with van der Waals surface area (Å²) in [5.74, 6) is 1.14. The first kappa shape index (κ1) is 14.9. The second-order valence-corrected chi connectivity index (χ2v) is 7.04. The highest BCUT2D eigenvalue weighted by atomic mass is 16.2. The van der Waals surface area contributed by atoms with Gasteiger partial charge < -0.3 is 16.0 Å². The molecule has 5 N–H and O–H groups in total. The maximum atomic E-state index is 12.4. The quantitative estimate of drug-likeness (QED) is 0.647. The molecule has 2 aliphatic rings. The minimum Gasteiger partial charge on any atom is -0.392 e. The molecule has 1 aromatic rings. The lowest BCUT2D eigenvalue weighted by atomic mass is 9.89. The van der Waals surface area contributed by atoms with Gasteiger partial charge in [0, 0.05) is 6.04 Å². The van der Waals surface area contributed by atoms with Crippen molar-refractivity contribution in [2.75, 3.05) is 5.73 Å². The Morgan fingerprint density at radius 2 is 2.00 bits per heavy atom. The molecule has 3 rings (SSSR count). The van der Waals surface area contributed by atoms with Crippen LogP contribution in [-0.4, -0.2) is 21.9 Å². The van der Waals surface area contributed by atoms with Crippen LogP contribution < -0.4 is 22.3 Å². The molecule has 0 aromatic carbocycles. The van der Waals surface area contributed by atoms with Gasteiger partial charge in [-0.1, -0.05) is 20.8 Å². The Balaban J connectivity index is 1.79. The summed E-state index contributed by atoms with van der Waals surface area (Å²) < 4.78 is 0. The van der Waals surface area contributed by atoms with Crippen molar-refractivity contribution in [3.63, 3.8) is 0 Å². The van der Waals surface area contributed by atoms with E-state index in [0.29, 0.717) is 23.2 Å². The zero-order valence-electron chi connectivity index (χ0n) is 13.0. The van der Waals surface area contributed by atoms with Gasteiger partial charge in [-0.25, -0.2) is 4.79 Å². The number of nitrogen functional groups attached to an aromatic ring is 1. The molecule has 2 fully saturated rings. The van der Waals surface area contributed by atoms with Gasteiger partial charge in [0.1, 0.15) is 11.4 Å². The predicted octanol–water partition coefficient (Wildman–Crippen LogP) is 0.446. The SMILES string of the molecule is CC1C(NC(=O)c2[nH]c(=O)[nH]c(=O)c2N)CC2(C(C)C)CC12. The third-order valence-electron chi connectivity index (χ3n) is 5.72. The van der Waals surface area contributed by atoms with E-state index < -0.39 is 17.2 Å². The van der Waals surface area contributed by atoms with Gasteiger partial charge in [-0.15, -0.1) is 0 Å². The fourth-order valence-corrected chi connectivity index (χ4v) is 4.17. The van der Waals surface area contributed by atoms with E-state index >= 15 is 0 Å². The van der Waals surface area contributed by atoms with Gasteiger partial charge in [0.05, 0.1) is 0 Å². The van der Waals surface area contributed by atoms with Gasteiger partial charge in [0.25, 0.3) is 11.5 Å². The minimum atomic E-state index is -0.741. The summed E-state index contributed by atoms with van der Waals surface area (Å²) in [5.41, 5.74) is 4.05. The smallest absolute Gasteiger partial charge is 0.326 e. The zero-order chi connectivity index (χ0) is 16.2. The van der Waals surface area contributed by atoms with E-state index in [2.05, 4.69) is 31.1 Å². The Hall–Kier alpha value is -2.05. The first-order valence-corrected chi connectivity index (χ1v) is 7.69. The van der Waals surface area contributed by atoms with E-state index in [9.17, 15) is 14.4 Å². The van der Waals surface area contributed by atoms with Gasteiger partial charge in [-0.2, -0.15) is 0 Å². The minimum absolute atomic E-state index is 0.0517. The molecular weight excluding hydrogens is 284 g/mol. The van der Waals surface area contributed by atoms with Crippen LogP contribution in [0.3, 0.4) is 0 Å². The molecule has 7 nitrogen and oxygen atoms in total. The van der Waals surface area contributed by atoms with E-state index in [1.165, 1.54) is 6.42 Å². The maximum Gasteiger partial charge on any atom is 0.326 e. The molecule has 1 amide bonds. The van der Waals surface area contributed by atoms with Crippen LogP contribution in [0.2, 0.25) is 0 Å². The van der Waals surface area contributed by atoms with Crippen LogP contribution in [0.1, 0.15) is 44.1 Å². The highest BCUT2D eigenvalue weighted by molar-refractivity contribution is 5.97. The van der Waals surface area contributed by atoms with Gasteiger partial charge in [0.2, 0.25) is 0 Å². The van der Waals surface area contributed by atoms with Crippen molar-refractivity contribution in [3.8, 4) is 0 Å². The molecular formula is C15H22N4O3. The van der Waals surface area contributed by atoms with E-state index in [4.69, 9.17) is 5.73 Å². The Kier molecular flexibility index (Phi) is 3.19. The van der Waals surface area contributed by atoms with E-state index in [1.807, 2.05) is 4.98 Å². The second kappa shape index (κ2) is 4.72. The highest BCUT2D eigenvalue weighted by Crippen LogP contribution is 2.69. The Bertz CT molecular complexity index is 735. The van der Waals surface area contributed by atoms with E-state index in [-0.39, 0.29) is 17.4 Å². The van der Waals surface area contributed by atoms with Gasteiger partial charge in [0.15, 0.2) is 0 Å². The molecule has 1 heterocycles. The van der Waals surface area contributed by atoms with Crippen molar-refractivity contribution in [2.45, 2.75) is 39.7 Å². The van der Waals surface area contributed by atoms with Crippen LogP contribution in [0.4, 0.5) is 5.69 Å². The van der Waals surface area contributed by atoms with Crippen LogP contribution in [-0.2, 0) is 0 Å². The van der Waals surface area contributed by atoms with Crippen molar-refractivity contribution in [3.05, 3.63) is 26.5 Å². The average molecular weight is 306 g/mol. The number of hydrogen-bond acceptors (Lipinski definition) is 4. The number of fused-ring (bicyclic) bond motifs is 1. The van der Waals surface area contributed by atoms with E-state index in [1.54, 1.807) is 0 Å². The number of amides is 1. The summed E-state index contributed by atoms with van der Waals surface area (Å²) in [4.78, 5) is 39.5. The number of nitrogens with two attached hydrogens (primary N) is 1. The highest BCUT2D eigenvalue weighted by Gasteiger charge is 2.64. The molecule has 2 aliphatic carbocycles. The first-order valence-electron chi connectivity index (χ1n) is 7.69. The monoisotopic (exact) mass is 306 g/mol. The standard InChI is InChI=1S/C15H22N4O3/c1-6(2)15-4-8(15)7(3)9(5-15)17-13(21)11-10(16)12(20)19-14(22)18-11/h6-9H,4-5,16H2,1-3H3,(H,17,21)(H2,18,19,20,22). The van der Waals surface area contributed by atoms with E-state index in [0.717, 1.165) is 6.42 Å². The molecule has 0 saturated heterocycles. The first-order chi connectivity index (χ1) is 10.3. The van der Waals surface area contributed by atoms with Crippen molar-refractivity contribution < 1.29 is 4.79 Å². The Morgan fingerprint density at radius 1 is 1.32 bits per heavy atom. The molecule has 0 bridgehead atoms. The number of hydrogen-bond donors (Lipinski definition) is 4. The number of aromatic amines is 2. The molecule has 120 valence electrons. The molecule has 0 aliphatic heterocycles. The van der Waals surface area contributed by atoms with Crippen molar-refractivity contribution in [1.29, 1.82) is 0 Å². The summed E-state index contributed by atoms with van der Waals surface area (Å²) in [6.07, 6.45) is 2.16. The van der Waals surface area contributed by atoms with Crippen LogP contribution in [0.15, 0.2) is 9.59 Å². The molecule has 0 spiro atoms.